The zero-order chi connectivity index (χ0) is 15.9. The Morgan fingerprint density at radius 1 is 1.05 bits per heavy atom. The van der Waals surface area contributed by atoms with E-state index in [0.29, 0.717) is 0 Å². The second kappa shape index (κ2) is 14.3. The molecule has 4 heteroatoms. The van der Waals surface area contributed by atoms with Gasteiger partial charge in [0.2, 0.25) is 0 Å². The number of rotatable bonds is 15. The minimum absolute atomic E-state index is 0.139. The molecule has 1 atom stereocenters. The molecular weight excluding hydrogens is 264 g/mol. The van der Waals surface area contributed by atoms with Crippen molar-refractivity contribution < 1.29 is 9.90 Å². The van der Waals surface area contributed by atoms with Crippen LogP contribution in [0.1, 0.15) is 71.1 Å². The number of hydrogen-bond donors (Lipinski definition) is 2. The lowest BCUT2D eigenvalue weighted by molar-refractivity contribution is -0.137. The number of carboxylic acids is 1. The fourth-order valence-corrected chi connectivity index (χ4v) is 2.54. The highest BCUT2D eigenvalue weighted by molar-refractivity contribution is 5.67. The molecule has 0 fully saturated rings. The average Bonchev–Trinajstić information content (AvgIpc) is 2.41. The van der Waals surface area contributed by atoms with E-state index in [4.69, 9.17) is 5.11 Å². The standard InChI is InChI=1S/C17H36N2O2/c1-4-5-6-7-8-9-10-12-16(15-17(20)21)18-13-11-14-19(2)3/h16,18H,4-15H2,1-3H3,(H,20,21). The van der Waals surface area contributed by atoms with Crippen molar-refractivity contribution >= 4 is 5.97 Å². The summed E-state index contributed by atoms with van der Waals surface area (Å²) in [5.74, 6) is -0.692. The number of nitrogens with one attached hydrogen (secondary N) is 1. The maximum atomic E-state index is 10.9. The van der Waals surface area contributed by atoms with Gasteiger partial charge in [0.05, 0.1) is 6.42 Å². The van der Waals surface area contributed by atoms with E-state index >= 15 is 0 Å². The highest BCUT2D eigenvalue weighted by Crippen LogP contribution is 2.11. The van der Waals surface area contributed by atoms with E-state index in [1.165, 1.54) is 38.5 Å². The SMILES string of the molecule is CCCCCCCCCC(CC(=O)O)NCCCN(C)C. The topological polar surface area (TPSA) is 52.6 Å². The number of nitrogens with zero attached hydrogens (tertiary/aromatic N) is 1. The molecular formula is C17H36N2O2. The van der Waals surface area contributed by atoms with Crippen LogP contribution in [-0.2, 0) is 4.79 Å². The first-order chi connectivity index (χ1) is 10.1. The highest BCUT2D eigenvalue weighted by atomic mass is 16.4. The maximum Gasteiger partial charge on any atom is 0.304 e. The van der Waals surface area contributed by atoms with E-state index in [1.807, 2.05) is 0 Å². The Bertz CT molecular complexity index is 245. The van der Waals surface area contributed by atoms with E-state index in [1.54, 1.807) is 0 Å². The molecule has 21 heavy (non-hydrogen) atoms. The Kier molecular flexibility index (Phi) is 13.9. The van der Waals surface area contributed by atoms with Crippen molar-refractivity contribution in [3.05, 3.63) is 0 Å². The third-order valence-electron chi connectivity index (χ3n) is 3.79. The van der Waals surface area contributed by atoms with Gasteiger partial charge in [-0.1, -0.05) is 51.9 Å². The molecule has 0 rings (SSSR count). The summed E-state index contributed by atoms with van der Waals surface area (Å²) in [6.07, 6.45) is 11.3. The Balaban J connectivity index is 3.67. The van der Waals surface area contributed by atoms with Crippen molar-refractivity contribution in [2.45, 2.75) is 77.2 Å². The molecule has 0 radical (unpaired) electrons. The molecule has 0 heterocycles. The molecule has 1 unspecified atom stereocenters. The summed E-state index contributed by atoms with van der Waals surface area (Å²) in [4.78, 5) is 13.1. The fraction of sp³-hybridized carbons (Fsp3) is 0.941. The van der Waals surface area contributed by atoms with Gasteiger partial charge in [-0.3, -0.25) is 4.79 Å². The molecule has 0 aliphatic heterocycles. The fourth-order valence-electron chi connectivity index (χ4n) is 2.54. The van der Waals surface area contributed by atoms with Crippen molar-refractivity contribution in [2.75, 3.05) is 27.2 Å². The summed E-state index contributed by atoms with van der Waals surface area (Å²) >= 11 is 0. The summed E-state index contributed by atoms with van der Waals surface area (Å²) in [5.41, 5.74) is 0. The second-order valence-electron chi connectivity index (χ2n) is 6.32. The van der Waals surface area contributed by atoms with Crippen LogP contribution in [0.3, 0.4) is 0 Å². The smallest absolute Gasteiger partial charge is 0.304 e. The lowest BCUT2D eigenvalue weighted by Gasteiger charge is -2.18. The summed E-state index contributed by atoms with van der Waals surface area (Å²) in [7, 11) is 4.13. The van der Waals surface area contributed by atoms with Crippen molar-refractivity contribution in [3.8, 4) is 0 Å². The first-order valence-corrected chi connectivity index (χ1v) is 8.66. The largest absolute Gasteiger partial charge is 0.481 e. The van der Waals surface area contributed by atoms with E-state index in [-0.39, 0.29) is 12.5 Å². The number of unbranched alkanes of at least 4 members (excludes halogenated alkanes) is 6. The van der Waals surface area contributed by atoms with Gasteiger partial charge in [0.1, 0.15) is 0 Å². The van der Waals surface area contributed by atoms with Gasteiger partial charge < -0.3 is 15.3 Å². The van der Waals surface area contributed by atoms with Gasteiger partial charge in [0, 0.05) is 6.04 Å². The molecule has 0 bridgehead atoms. The molecule has 0 aliphatic rings. The van der Waals surface area contributed by atoms with Gasteiger partial charge in [0.25, 0.3) is 0 Å². The minimum atomic E-state index is -0.692. The summed E-state index contributed by atoms with van der Waals surface area (Å²) in [5, 5.41) is 12.4. The number of aliphatic carboxylic acids is 1. The molecule has 0 aromatic rings. The molecule has 0 aliphatic carbocycles. The number of carbonyl (C=O) groups is 1. The predicted octanol–water partition coefficient (Wildman–Crippen LogP) is 3.51. The molecule has 2 N–H and O–H groups in total. The zero-order valence-electron chi connectivity index (χ0n) is 14.4. The molecule has 4 nitrogen and oxygen atoms in total. The van der Waals surface area contributed by atoms with Crippen LogP contribution in [0.5, 0.6) is 0 Å². The second-order valence-corrected chi connectivity index (χ2v) is 6.32. The average molecular weight is 300 g/mol. The Morgan fingerprint density at radius 3 is 2.24 bits per heavy atom. The molecule has 0 saturated heterocycles. The van der Waals surface area contributed by atoms with Crippen LogP contribution in [0.4, 0.5) is 0 Å². The van der Waals surface area contributed by atoms with Crippen molar-refractivity contribution in [1.29, 1.82) is 0 Å². The van der Waals surface area contributed by atoms with Crippen LogP contribution in [0.25, 0.3) is 0 Å². The van der Waals surface area contributed by atoms with E-state index in [9.17, 15) is 4.79 Å². The molecule has 0 aromatic heterocycles. The first-order valence-electron chi connectivity index (χ1n) is 8.66. The highest BCUT2D eigenvalue weighted by Gasteiger charge is 2.11. The third-order valence-corrected chi connectivity index (χ3v) is 3.79. The van der Waals surface area contributed by atoms with Crippen LogP contribution in [0, 0.1) is 0 Å². The van der Waals surface area contributed by atoms with Crippen LogP contribution in [-0.4, -0.2) is 49.2 Å². The summed E-state index contributed by atoms with van der Waals surface area (Å²) in [6.45, 7) is 4.19. The van der Waals surface area contributed by atoms with Gasteiger partial charge >= 0.3 is 5.97 Å². The molecule has 0 spiro atoms. The maximum absolute atomic E-state index is 10.9. The van der Waals surface area contributed by atoms with Crippen LogP contribution < -0.4 is 5.32 Å². The van der Waals surface area contributed by atoms with Gasteiger partial charge in [-0.25, -0.2) is 0 Å². The van der Waals surface area contributed by atoms with E-state index in [2.05, 4.69) is 31.2 Å². The molecule has 0 aromatic carbocycles. The molecule has 0 amide bonds. The number of hydrogen-bond acceptors (Lipinski definition) is 3. The lowest BCUT2D eigenvalue weighted by Crippen LogP contribution is -2.33. The van der Waals surface area contributed by atoms with Crippen LogP contribution >= 0.6 is 0 Å². The third kappa shape index (κ3) is 15.6. The zero-order valence-corrected chi connectivity index (χ0v) is 14.4. The summed E-state index contributed by atoms with van der Waals surface area (Å²) in [6, 6.07) is 0.139. The summed E-state index contributed by atoms with van der Waals surface area (Å²) < 4.78 is 0. The molecule has 0 saturated carbocycles. The van der Waals surface area contributed by atoms with Crippen molar-refractivity contribution in [2.24, 2.45) is 0 Å². The van der Waals surface area contributed by atoms with Gasteiger partial charge in [0.15, 0.2) is 0 Å². The van der Waals surface area contributed by atoms with Gasteiger partial charge in [-0.05, 0) is 40.0 Å². The lowest BCUT2D eigenvalue weighted by atomic mass is 10.0. The monoisotopic (exact) mass is 300 g/mol. The Morgan fingerprint density at radius 2 is 1.67 bits per heavy atom. The molecule has 126 valence electrons. The van der Waals surface area contributed by atoms with Gasteiger partial charge in [-0.2, -0.15) is 0 Å². The normalized spacial score (nSPS) is 12.8. The Hall–Kier alpha value is -0.610. The Labute approximate surface area is 131 Å². The predicted molar refractivity (Wildman–Crippen MR) is 89.8 cm³/mol. The van der Waals surface area contributed by atoms with Crippen molar-refractivity contribution in [3.63, 3.8) is 0 Å². The number of carboxylic acid groups (broad SMARTS) is 1. The van der Waals surface area contributed by atoms with Gasteiger partial charge in [-0.15, -0.1) is 0 Å². The van der Waals surface area contributed by atoms with Crippen LogP contribution in [0.15, 0.2) is 0 Å². The van der Waals surface area contributed by atoms with Crippen molar-refractivity contribution in [1.82, 2.24) is 10.2 Å². The minimum Gasteiger partial charge on any atom is -0.481 e. The van der Waals surface area contributed by atoms with E-state index < -0.39 is 5.97 Å². The van der Waals surface area contributed by atoms with E-state index in [0.717, 1.165) is 32.4 Å². The quantitative estimate of drug-likeness (QED) is 0.454. The van der Waals surface area contributed by atoms with Crippen LogP contribution in [0.2, 0.25) is 0 Å². The first kappa shape index (κ1) is 20.4.